The van der Waals surface area contributed by atoms with Crippen LogP contribution in [-0.2, 0) is 4.79 Å². The average molecular weight is 434 g/mol. The van der Waals surface area contributed by atoms with Gasteiger partial charge in [0, 0.05) is 22.6 Å². The van der Waals surface area contributed by atoms with Crippen molar-refractivity contribution in [3.8, 4) is 0 Å². The summed E-state index contributed by atoms with van der Waals surface area (Å²) < 4.78 is 1.71. The largest absolute Gasteiger partial charge is 0.326 e. The van der Waals surface area contributed by atoms with E-state index in [1.807, 2.05) is 52.0 Å². The van der Waals surface area contributed by atoms with Crippen LogP contribution in [0.15, 0.2) is 53.7 Å². The minimum atomic E-state index is -0.377. The molecule has 2 heterocycles. The minimum absolute atomic E-state index is 0.0216. The van der Waals surface area contributed by atoms with Crippen molar-refractivity contribution in [1.82, 2.24) is 19.6 Å². The maximum Gasteiger partial charge on any atom is 0.226 e. The summed E-state index contributed by atoms with van der Waals surface area (Å²) in [5, 5.41) is 8.47. The third-order valence-corrected chi connectivity index (χ3v) is 5.91. The molecule has 7 nitrogen and oxygen atoms in total. The Hall–Kier alpha value is -3.26. The Bertz CT molecular complexity index is 1280. The number of hydrogen-bond acceptors (Lipinski definition) is 6. The van der Waals surface area contributed by atoms with Gasteiger partial charge in [-0.1, -0.05) is 37.7 Å². The molecule has 0 aliphatic heterocycles. The molecule has 4 aromatic rings. The summed E-state index contributed by atoms with van der Waals surface area (Å²) in [6.45, 7) is 7.36. The Labute approximate surface area is 184 Å². The Morgan fingerprint density at radius 2 is 1.71 bits per heavy atom. The quantitative estimate of drug-likeness (QED) is 0.273. The topological polar surface area (TPSA) is 89.2 Å². The van der Waals surface area contributed by atoms with E-state index in [1.165, 1.54) is 11.8 Å². The highest BCUT2D eigenvalue weighted by molar-refractivity contribution is 8.00. The number of nitrogens with one attached hydrogen (secondary N) is 1. The van der Waals surface area contributed by atoms with Gasteiger partial charge in [0.25, 0.3) is 0 Å². The molecule has 1 atom stereocenters. The highest BCUT2D eigenvalue weighted by Gasteiger charge is 2.21. The van der Waals surface area contributed by atoms with E-state index < -0.39 is 0 Å². The summed E-state index contributed by atoms with van der Waals surface area (Å²) in [5.41, 5.74) is 2.80. The van der Waals surface area contributed by atoms with E-state index in [0.717, 1.165) is 16.6 Å². The van der Waals surface area contributed by atoms with Crippen molar-refractivity contribution in [2.45, 2.75) is 38.1 Å². The summed E-state index contributed by atoms with van der Waals surface area (Å²) >= 11 is 1.35. The number of amides is 1. The van der Waals surface area contributed by atoms with Crippen molar-refractivity contribution in [3.05, 3.63) is 59.9 Å². The summed E-state index contributed by atoms with van der Waals surface area (Å²) in [6.07, 6.45) is 0. The van der Waals surface area contributed by atoms with Crippen LogP contribution in [0.5, 0.6) is 0 Å². The molecule has 0 aliphatic rings. The molecule has 8 heteroatoms. The first-order valence-electron chi connectivity index (χ1n) is 10.1. The first-order chi connectivity index (χ1) is 14.8. The maximum absolute atomic E-state index is 13.0. The second kappa shape index (κ2) is 8.47. The molecule has 31 heavy (non-hydrogen) atoms. The molecule has 2 aromatic heterocycles. The molecule has 4 rings (SSSR count). The predicted molar refractivity (Wildman–Crippen MR) is 123 cm³/mol. The number of aryl methyl sites for hydroxylation is 1. The molecule has 0 radical (unpaired) electrons. The van der Waals surface area contributed by atoms with Gasteiger partial charge < -0.3 is 5.32 Å². The number of rotatable bonds is 6. The van der Waals surface area contributed by atoms with Crippen molar-refractivity contribution in [2.75, 3.05) is 5.32 Å². The molecule has 0 aliphatic carbocycles. The maximum atomic E-state index is 13.0. The second-order valence-corrected chi connectivity index (χ2v) is 8.96. The van der Waals surface area contributed by atoms with E-state index in [2.05, 4.69) is 15.4 Å². The van der Waals surface area contributed by atoms with Gasteiger partial charge in [-0.2, -0.15) is 4.52 Å². The zero-order chi connectivity index (χ0) is 22.1. The number of hydrogen-bond donors (Lipinski definition) is 1. The number of thioether (sulfide) groups is 1. The first kappa shape index (κ1) is 21.0. The van der Waals surface area contributed by atoms with E-state index in [-0.39, 0.29) is 22.9 Å². The van der Waals surface area contributed by atoms with Gasteiger partial charge in [-0.3, -0.25) is 9.59 Å². The number of carbonyl (C=O) groups excluding carboxylic acids is 2. The zero-order valence-electron chi connectivity index (χ0n) is 17.8. The SMILES string of the molecule is Cc1nc2c3ccccc3nc(SC(C)C(=O)c3ccc(NC(=O)C(C)C)cc3)n2n1. The monoisotopic (exact) mass is 433 g/mol. The molecule has 158 valence electrons. The second-order valence-electron chi connectivity index (χ2n) is 7.65. The first-order valence-corrected chi connectivity index (χ1v) is 11.0. The van der Waals surface area contributed by atoms with Crippen molar-refractivity contribution in [3.63, 3.8) is 0 Å². The summed E-state index contributed by atoms with van der Waals surface area (Å²) in [6, 6.07) is 14.7. The van der Waals surface area contributed by atoms with Crippen LogP contribution < -0.4 is 5.32 Å². The van der Waals surface area contributed by atoms with Crippen molar-refractivity contribution < 1.29 is 9.59 Å². The normalized spacial score (nSPS) is 12.4. The van der Waals surface area contributed by atoms with Crippen LogP contribution in [0.4, 0.5) is 5.69 Å². The number of para-hydroxylation sites is 1. The third kappa shape index (κ3) is 4.29. The zero-order valence-corrected chi connectivity index (χ0v) is 18.6. The van der Waals surface area contributed by atoms with E-state index in [1.54, 1.807) is 28.8 Å². The standard InChI is InChI=1S/C23H23N5O2S/c1-13(2)22(30)25-17-11-9-16(10-12-17)20(29)14(3)31-23-26-19-8-6-5-7-18(19)21-24-15(4)27-28(21)23/h5-14H,1-4H3,(H,25,30). The molecule has 0 saturated heterocycles. The highest BCUT2D eigenvalue weighted by Crippen LogP contribution is 2.28. The number of Topliss-reactive ketones (excluding diaryl/α,β-unsaturated/α-hetero) is 1. The van der Waals surface area contributed by atoms with Crippen LogP contribution in [0.3, 0.4) is 0 Å². The smallest absolute Gasteiger partial charge is 0.226 e. The van der Waals surface area contributed by atoms with Crippen LogP contribution in [0.25, 0.3) is 16.6 Å². The van der Waals surface area contributed by atoms with Crippen LogP contribution in [-0.4, -0.2) is 36.5 Å². The van der Waals surface area contributed by atoms with Crippen LogP contribution in [0.2, 0.25) is 0 Å². The fraction of sp³-hybridized carbons (Fsp3) is 0.261. The minimum Gasteiger partial charge on any atom is -0.326 e. The third-order valence-electron chi connectivity index (χ3n) is 4.87. The van der Waals surface area contributed by atoms with Crippen molar-refractivity contribution in [1.29, 1.82) is 0 Å². The number of aromatic nitrogens is 4. The van der Waals surface area contributed by atoms with Crippen molar-refractivity contribution in [2.24, 2.45) is 5.92 Å². The fourth-order valence-electron chi connectivity index (χ4n) is 3.16. The average Bonchev–Trinajstić information content (AvgIpc) is 3.15. The van der Waals surface area contributed by atoms with Crippen LogP contribution in [0, 0.1) is 12.8 Å². The lowest BCUT2D eigenvalue weighted by atomic mass is 10.1. The lowest BCUT2D eigenvalue weighted by molar-refractivity contribution is -0.118. The van der Waals surface area contributed by atoms with E-state index >= 15 is 0 Å². The summed E-state index contributed by atoms with van der Waals surface area (Å²) in [5.74, 6) is 0.465. The lowest BCUT2D eigenvalue weighted by Crippen LogP contribution is -2.18. The molecule has 0 fully saturated rings. The summed E-state index contributed by atoms with van der Waals surface area (Å²) in [4.78, 5) is 34.1. The number of fused-ring (bicyclic) bond motifs is 3. The number of nitrogens with zero attached hydrogens (tertiary/aromatic N) is 4. The van der Waals surface area contributed by atoms with Crippen LogP contribution >= 0.6 is 11.8 Å². The number of anilines is 1. The van der Waals surface area contributed by atoms with Gasteiger partial charge >= 0.3 is 0 Å². The number of ketones is 1. The predicted octanol–water partition coefficient (Wildman–Crippen LogP) is 4.54. The highest BCUT2D eigenvalue weighted by atomic mass is 32.2. The fourth-order valence-corrected chi connectivity index (χ4v) is 4.10. The molecular weight excluding hydrogens is 410 g/mol. The van der Waals surface area contributed by atoms with Gasteiger partial charge in [-0.15, -0.1) is 5.10 Å². The van der Waals surface area contributed by atoms with E-state index in [0.29, 0.717) is 22.2 Å². The molecule has 1 N–H and O–H groups in total. The van der Waals surface area contributed by atoms with Gasteiger partial charge in [-0.05, 0) is 50.2 Å². The Balaban J connectivity index is 1.57. The lowest BCUT2D eigenvalue weighted by Gasteiger charge is -2.12. The molecule has 0 bridgehead atoms. The molecule has 1 amide bonds. The molecule has 0 saturated carbocycles. The van der Waals surface area contributed by atoms with Gasteiger partial charge in [0.15, 0.2) is 16.6 Å². The number of benzene rings is 2. The molecule has 2 aromatic carbocycles. The molecule has 1 unspecified atom stereocenters. The molecular formula is C23H23N5O2S. The Kier molecular flexibility index (Phi) is 5.73. The summed E-state index contributed by atoms with van der Waals surface area (Å²) in [7, 11) is 0. The van der Waals surface area contributed by atoms with Gasteiger partial charge in [-0.25, -0.2) is 9.97 Å². The Morgan fingerprint density at radius 3 is 2.42 bits per heavy atom. The Morgan fingerprint density at radius 1 is 1.00 bits per heavy atom. The molecule has 0 spiro atoms. The number of carbonyl (C=O) groups is 2. The van der Waals surface area contributed by atoms with Crippen molar-refractivity contribution >= 4 is 45.7 Å². The van der Waals surface area contributed by atoms with Gasteiger partial charge in [0.05, 0.1) is 10.8 Å². The van der Waals surface area contributed by atoms with Gasteiger partial charge in [0.1, 0.15) is 5.82 Å². The van der Waals surface area contributed by atoms with E-state index in [9.17, 15) is 9.59 Å². The van der Waals surface area contributed by atoms with Crippen LogP contribution in [0.1, 0.15) is 37.0 Å². The van der Waals surface area contributed by atoms with E-state index in [4.69, 9.17) is 4.98 Å². The van der Waals surface area contributed by atoms with Gasteiger partial charge in [0.2, 0.25) is 5.91 Å².